The highest BCUT2D eigenvalue weighted by Crippen LogP contribution is 2.47. The Kier molecular flexibility index (Phi) is 13.5. The Hall–Kier alpha value is -1.83. The van der Waals surface area contributed by atoms with E-state index >= 15 is 0 Å². The summed E-state index contributed by atoms with van der Waals surface area (Å²) < 4.78 is 5.65. The summed E-state index contributed by atoms with van der Waals surface area (Å²) in [6.45, 7) is 21.5. The highest BCUT2D eigenvalue weighted by molar-refractivity contribution is 5.66. The normalized spacial score (nSPS) is 21.4. The maximum absolute atomic E-state index is 11.5. The maximum atomic E-state index is 11.5. The Bertz CT molecular complexity index is 784. The van der Waals surface area contributed by atoms with Gasteiger partial charge < -0.3 is 4.74 Å². The number of rotatable bonds is 13. The van der Waals surface area contributed by atoms with Gasteiger partial charge in [-0.3, -0.25) is 4.79 Å². The van der Waals surface area contributed by atoms with Crippen LogP contribution in [0.3, 0.4) is 0 Å². The van der Waals surface area contributed by atoms with Gasteiger partial charge in [-0.05, 0) is 105 Å². The third kappa shape index (κ3) is 11.5. The first-order valence-electron chi connectivity index (χ1n) is 13.4. The fourth-order valence-corrected chi connectivity index (χ4v) is 5.07. The molecule has 2 atom stereocenters. The first kappa shape index (κ1) is 30.2. The monoisotopic (exact) mass is 468 g/mol. The van der Waals surface area contributed by atoms with Crippen molar-refractivity contribution in [3.05, 3.63) is 58.7 Å². The number of ether oxygens (including phenoxy) is 1. The van der Waals surface area contributed by atoms with Crippen LogP contribution < -0.4 is 0 Å². The third-order valence-electron chi connectivity index (χ3n) is 7.36. The van der Waals surface area contributed by atoms with Crippen molar-refractivity contribution < 1.29 is 9.53 Å². The van der Waals surface area contributed by atoms with Gasteiger partial charge in [0.1, 0.15) is 6.10 Å². The van der Waals surface area contributed by atoms with Crippen molar-refractivity contribution in [1.82, 2.24) is 0 Å². The summed E-state index contributed by atoms with van der Waals surface area (Å²) in [6.07, 6.45) is 20.4. The van der Waals surface area contributed by atoms with Crippen molar-refractivity contribution in [2.24, 2.45) is 11.3 Å². The van der Waals surface area contributed by atoms with Crippen molar-refractivity contribution in [2.45, 2.75) is 126 Å². The summed E-state index contributed by atoms with van der Waals surface area (Å²) >= 11 is 0. The zero-order valence-electron chi connectivity index (χ0n) is 23.6. The molecule has 0 radical (unpaired) electrons. The van der Waals surface area contributed by atoms with E-state index in [0.717, 1.165) is 57.8 Å². The smallest absolute Gasteiger partial charge is 0.302 e. The lowest BCUT2D eigenvalue weighted by molar-refractivity contribution is -0.156. The molecule has 34 heavy (non-hydrogen) atoms. The van der Waals surface area contributed by atoms with Crippen molar-refractivity contribution >= 4 is 5.97 Å². The Morgan fingerprint density at radius 3 is 1.88 bits per heavy atom. The van der Waals surface area contributed by atoms with Crippen LogP contribution in [0.15, 0.2) is 58.7 Å². The van der Waals surface area contributed by atoms with Gasteiger partial charge in [0.05, 0.1) is 0 Å². The van der Waals surface area contributed by atoms with E-state index in [1.165, 1.54) is 41.2 Å². The number of unbranched alkanes of at least 4 members (excludes halogenated alkanes) is 1. The molecule has 1 rings (SSSR count). The molecule has 0 bridgehead atoms. The molecule has 0 heterocycles. The van der Waals surface area contributed by atoms with Crippen LogP contribution in [0.2, 0.25) is 0 Å². The van der Waals surface area contributed by atoms with Gasteiger partial charge in [-0.1, -0.05) is 72.6 Å². The summed E-state index contributed by atoms with van der Waals surface area (Å²) in [5.74, 6) is 0.226. The molecule has 0 aliphatic heterocycles. The first-order chi connectivity index (χ1) is 15.9. The number of allylic oxidation sites excluding steroid dienone is 9. The number of carbonyl (C=O) groups is 1. The lowest BCUT2D eigenvalue weighted by atomic mass is 9.63. The van der Waals surface area contributed by atoms with Crippen LogP contribution in [-0.2, 0) is 9.53 Å². The topological polar surface area (TPSA) is 26.3 Å². The van der Waals surface area contributed by atoms with Gasteiger partial charge in [0.15, 0.2) is 0 Å². The van der Waals surface area contributed by atoms with Gasteiger partial charge in [-0.2, -0.15) is 0 Å². The van der Waals surface area contributed by atoms with E-state index in [9.17, 15) is 4.79 Å². The minimum atomic E-state index is -0.172. The first-order valence-corrected chi connectivity index (χ1v) is 13.4. The molecule has 1 saturated carbocycles. The minimum Gasteiger partial charge on any atom is -0.462 e. The average molecular weight is 469 g/mol. The second-order valence-corrected chi connectivity index (χ2v) is 11.3. The molecule has 0 N–H and O–H groups in total. The second-order valence-electron chi connectivity index (χ2n) is 11.3. The lowest BCUT2D eigenvalue weighted by Crippen LogP contribution is -2.43. The molecule has 2 nitrogen and oxygen atoms in total. The summed E-state index contributed by atoms with van der Waals surface area (Å²) in [5, 5.41) is 0. The lowest BCUT2D eigenvalue weighted by Gasteiger charge is -2.45. The standard InChI is InChI=1S/C32H52O2/c1-24(2)14-12-17-26(4)19-13-18-25(3)15-10-11-16-27(5)20-22-30-28(6)21-23-31(32(30,8)9)34-29(7)33/h14-16,19,30-31H,6,10-13,17-18,20-23H2,1-5,7-9H3. The van der Waals surface area contributed by atoms with E-state index in [1.54, 1.807) is 0 Å². The highest BCUT2D eigenvalue weighted by atomic mass is 16.5. The van der Waals surface area contributed by atoms with Gasteiger partial charge in [0.2, 0.25) is 0 Å². The molecule has 192 valence electrons. The van der Waals surface area contributed by atoms with E-state index in [1.807, 2.05) is 0 Å². The zero-order valence-corrected chi connectivity index (χ0v) is 23.6. The van der Waals surface area contributed by atoms with Gasteiger partial charge in [-0.25, -0.2) is 0 Å². The quantitative estimate of drug-likeness (QED) is 0.153. The van der Waals surface area contributed by atoms with Crippen LogP contribution in [0.4, 0.5) is 0 Å². The van der Waals surface area contributed by atoms with Crippen molar-refractivity contribution in [3.63, 3.8) is 0 Å². The average Bonchev–Trinajstić information content (AvgIpc) is 2.72. The Morgan fingerprint density at radius 2 is 1.35 bits per heavy atom. The van der Waals surface area contributed by atoms with E-state index in [4.69, 9.17) is 4.74 Å². The number of hydrogen-bond donors (Lipinski definition) is 0. The molecule has 0 aromatic rings. The molecule has 0 spiro atoms. The molecule has 0 aromatic heterocycles. The molecule has 2 unspecified atom stereocenters. The molecular weight excluding hydrogens is 416 g/mol. The summed E-state index contributed by atoms with van der Waals surface area (Å²) in [4.78, 5) is 11.5. The van der Waals surface area contributed by atoms with Gasteiger partial charge in [-0.15, -0.1) is 0 Å². The Balaban J connectivity index is 2.42. The van der Waals surface area contributed by atoms with Gasteiger partial charge >= 0.3 is 5.97 Å². The van der Waals surface area contributed by atoms with Crippen LogP contribution in [0.5, 0.6) is 0 Å². The van der Waals surface area contributed by atoms with Crippen LogP contribution in [-0.4, -0.2) is 12.1 Å². The fourth-order valence-electron chi connectivity index (χ4n) is 5.07. The minimum absolute atomic E-state index is 0.00564. The van der Waals surface area contributed by atoms with E-state index in [-0.39, 0.29) is 17.5 Å². The SMILES string of the molecule is C=C1CCC(OC(C)=O)C(C)(C)C1CCC(C)=CCCC=C(C)CCC=C(C)CCC=C(C)C. The predicted octanol–water partition coefficient (Wildman–Crippen LogP) is 9.84. The molecule has 1 fully saturated rings. The van der Waals surface area contributed by atoms with Crippen LogP contribution in [0.1, 0.15) is 120 Å². The number of carbonyl (C=O) groups excluding carboxylic acids is 1. The molecule has 0 saturated heterocycles. The molecule has 0 amide bonds. The van der Waals surface area contributed by atoms with Crippen LogP contribution in [0, 0.1) is 11.3 Å². The largest absolute Gasteiger partial charge is 0.462 e. The predicted molar refractivity (Wildman–Crippen MR) is 149 cm³/mol. The van der Waals surface area contributed by atoms with Crippen LogP contribution in [0.25, 0.3) is 0 Å². The van der Waals surface area contributed by atoms with Gasteiger partial charge in [0.25, 0.3) is 0 Å². The molecule has 2 heteroatoms. The maximum Gasteiger partial charge on any atom is 0.302 e. The molecule has 1 aliphatic carbocycles. The third-order valence-corrected chi connectivity index (χ3v) is 7.36. The summed E-state index contributed by atoms with van der Waals surface area (Å²) in [7, 11) is 0. The van der Waals surface area contributed by atoms with Crippen molar-refractivity contribution in [3.8, 4) is 0 Å². The fraction of sp³-hybridized carbons (Fsp3) is 0.656. The molecule has 0 aromatic carbocycles. The van der Waals surface area contributed by atoms with E-state index in [2.05, 4.69) is 79.3 Å². The highest BCUT2D eigenvalue weighted by Gasteiger charge is 2.43. The van der Waals surface area contributed by atoms with Crippen molar-refractivity contribution in [2.75, 3.05) is 0 Å². The summed E-state index contributed by atoms with van der Waals surface area (Å²) in [6, 6.07) is 0. The summed E-state index contributed by atoms with van der Waals surface area (Å²) in [5.41, 5.74) is 7.13. The van der Waals surface area contributed by atoms with Gasteiger partial charge in [0, 0.05) is 12.3 Å². The number of hydrogen-bond acceptors (Lipinski definition) is 2. The van der Waals surface area contributed by atoms with Crippen molar-refractivity contribution in [1.29, 1.82) is 0 Å². The van der Waals surface area contributed by atoms with E-state index in [0.29, 0.717) is 5.92 Å². The molecule has 1 aliphatic rings. The zero-order chi connectivity index (χ0) is 25.7. The van der Waals surface area contributed by atoms with Crippen LogP contribution >= 0.6 is 0 Å². The van der Waals surface area contributed by atoms with E-state index < -0.39 is 0 Å². The molecular formula is C32H52O2. The Morgan fingerprint density at radius 1 is 0.853 bits per heavy atom. The Labute approximate surface area is 211 Å². The number of esters is 1. The second kappa shape index (κ2) is 15.2.